The summed E-state index contributed by atoms with van der Waals surface area (Å²) in [7, 11) is -2.06. The number of carbonyl (C=O) groups excluding carboxylic acids is 1. The number of benzene rings is 1. The van der Waals surface area contributed by atoms with E-state index < -0.39 is 10.0 Å². The summed E-state index contributed by atoms with van der Waals surface area (Å²) >= 11 is 0. The second kappa shape index (κ2) is 6.37. The maximum atomic E-state index is 12.1. The van der Waals surface area contributed by atoms with Crippen molar-refractivity contribution in [3.05, 3.63) is 24.3 Å². The average Bonchev–Trinajstić information content (AvgIpc) is 2.48. The van der Waals surface area contributed by atoms with Crippen molar-refractivity contribution in [1.82, 2.24) is 4.72 Å². The van der Waals surface area contributed by atoms with Gasteiger partial charge in [0.25, 0.3) is 0 Å². The molecule has 0 saturated heterocycles. The lowest BCUT2D eigenvalue weighted by Crippen LogP contribution is -2.24. The van der Waals surface area contributed by atoms with Gasteiger partial charge < -0.3 is 5.32 Å². The summed E-state index contributed by atoms with van der Waals surface area (Å²) in [6.45, 7) is 0. The molecule has 1 fully saturated rings. The lowest BCUT2D eigenvalue weighted by molar-refractivity contribution is -0.120. The molecule has 20 heavy (non-hydrogen) atoms. The molecule has 1 saturated carbocycles. The summed E-state index contributed by atoms with van der Waals surface area (Å²) in [4.78, 5) is 12.3. The van der Waals surface area contributed by atoms with Crippen LogP contribution in [0, 0.1) is 5.92 Å². The Bertz CT molecular complexity index is 561. The van der Waals surface area contributed by atoms with Crippen molar-refractivity contribution in [2.75, 3.05) is 12.4 Å². The van der Waals surface area contributed by atoms with Crippen molar-refractivity contribution in [1.29, 1.82) is 0 Å². The quantitative estimate of drug-likeness (QED) is 0.893. The molecule has 0 radical (unpaired) electrons. The third-order valence-corrected chi connectivity index (χ3v) is 5.11. The van der Waals surface area contributed by atoms with Crippen LogP contribution in [0.1, 0.15) is 32.1 Å². The summed E-state index contributed by atoms with van der Waals surface area (Å²) < 4.78 is 25.4. The minimum atomic E-state index is -3.43. The monoisotopic (exact) mass is 296 g/mol. The van der Waals surface area contributed by atoms with Gasteiger partial charge in [-0.15, -0.1) is 0 Å². The van der Waals surface area contributed by atoms with E-state index in [4.69, 9.17) is 0 Å². The standard InChI is InChI=1S/C14H20N2O3S/c1-15-20(18,19)13-9-7-12(8-10-13)16-14(17)11-5-3-2-4-6-11/h7-11,15H,2-6H2,1H3,(H,16,17). The smallest absolute Gasteiger partial charge is 0.240 e. The van der Waals surface area contributed by atoms with Crippen molar-refractivity contribution >= 4 is 21.6 Å². The van der Waals surface area contributed by atoms with Gasteiger partial charge in [-0.25, -0.2) is 13.1 Å². The average molecular weight is 296 g/mol. The molecule has 0 aliphatic heterocycles. The van der Waals surface area contributed by atoms with Gasteiger partial charge in [-0.2, -0.15) is 0 Å². The molecule has 0 aromatic heterocycles. The van der Waals surface area contributed by atoms with E-state index in [1.54, 1.807) is 12.1 Å². The Balaban J connectivity index is 2.02. The molecular formula is C14H20N2O3S. The van der Waals surface area contributed by atoms with E-state index in [1.165, 1.54) is 25.6 Å². The van der Waals surface area contributed by atoms with Gasteiger partial charge in [-0.05, 0) is 44.2 Å². The number of rotatable bonds is 4. The zero-order valence-corrected chi connectivity index (χ0v) is 12.4. The van der Waals surface area contributed by atoms with E-state index >= 15 is 0 Å². The number of anilines is 1. The molecule has 1 aliphatic rings. The lowest BCUT2D eigenvalue weighted by atomic mass is 9.88. The number of carbonyl (C=O) groups is 1. The maximum Gasteiger partial charge on any atom is 0.240 e. The predicted molar refractivity (Wildman–Crippen MR) is 77.9 cm³/mol. The van der Waals surface area contributed by atoms with Gasteiger partial charge in [0.15, 0.2) is 0 Å². The summed E-state index contributed by atoms with van der Waals surface area (Å²) in [5.41, 5.74) is 0.635. The fraction of sp³-hybridized carbons (Fsp3) is 0.500. The fourth-order valence-electron chi connectivity index (χ4n) is 2.44. The molecule has 0 spiro atoms. The minimum absolute atomic E-state index is 0.0360. The van der Waals surface area contributed by atoms with Gasteiger partial charge in [-0.3, -0.25) is 4.79 Å². The van der Waals surface area contributed by atoms with Crippen LogP contribution < -0.4 is 10.0 Å². The van der Waals surface area contributed by atoms with Crippen LogP contribution in [-0.2, 0) is 14.8 Å². The van der Waals surface area contributed by atoms with E-state index in [9.17, 15) is 13.2 Å². The maximum absolute atomic E-state index is 12.1. The summed E-state index contributed by atoms with van der Waals surface area (Å²) in [6, 6.07) is 6.21. The largest absolute Gasteiger partial charge is 0.326 e. The van der Waals surface area contributed by atoms with E-state index in [-0.39, 0.29) is 16.7 Å². The zero-order chi connectivity index (χ0) is 14.6. The second-order valence-corrected chi connectivity index (χ2v) is 6.94. The summed E-state index contributed by atoms with van der Waals surface area (Å²) in [5, 5.41) is 2.85. The Morgan fingerprint density at radius 1 is 1.10 bits per heavy atom. The highest BCUT2D eigenvalue weighted by molar-refractivity contribution is 7.89. The lowest BCUT2D eigenvalue weighted by Gasteiger charge is -2.20. The molecule has 1 aliphatic carbocycles. The van der Waals surface area contributed by atoms with Gasteiger partial charge in [0, 0.05) is 11.6 Å². The molecular weight excluding hydrogens is 276 g/mol. The topological polar surface area (TPSA) is 75.3 Å². The SMILES string of the molecule is CNS(=O)(=O)c1ccc(NC(=O)C2CCCCC2)cc1. The van der Waals surface area contributed by atoms with Crippen LogP contribution in [0.2, 0.25) is 0 Å². The Morgan fingerprint density at radius 2 is 1.70 bits per heavy atom. The van der Waals surface area contributed by atoms with Crippen molar-refractivity contribution in [2.24, 2.45) is 5.92 Å². The van der Waals surface area contributed by atoms with Crippen molar-refractivity contribution < 1.29 is 13.2 Å². The van der Waals surface area contributed by atoms with Crippen molar-refractivity contribution in [3.63, 3.8) is 0 Å². The molecule has 0 bridgehead atoms. The molecule has 1 aromatic carbocycles. The Hall–Kier alpha value is -1.40. The van der Waals surface area contributed by atoms with Crippen LogP contribution in [0.4, 0.5) is 5.69 Å². The molecule has 0 unspecified atom stereocenters. The Morgan fingerprint density at radius 3 is 2.25 bits per heavy atom. The normalized spacial score (nSPS) is 16.9. The third kappa shape index (κ3) is 3.58. The second-order valence-electron chi connectivity index (χ2n) is 5.06. The Kier molecular flexibility index (Phi) is 4.77. The first-order valence-electron chi connectivity index (χ1n) is 6.87. The van der Waals surface area contributed by atoms with Gasteiger partial charge in [0.1, 0.15) is 0 Å². The zero-order valence-electron chi connectivity index (χ0n) is 11.6. The highest BCUT2D eigenvalue weighted by atomic mass is 32.2. The van der Waals surface area contributed by atoms with Crippen LogP contribution in [0.3, 0.4) is 0 Å². The highest BCUT2D eigenvalue weighted by Crippen LogP contribution is 2.25. The van der Waals surface area contributed by atoms with Crippen LogP contribution >= 0.6 is 0 Å². The van der Waals surface area contributed by atoms with Crippen molar-refractivity contribution in [2.45, 2.75) is 37.0 Å². The van der Waals surface area contributed by atoms with Gasteiger partial charge >= 0.3 is 0 Å². The molecule has 2 rings (SSSR count). The number of amides is 1. The molecule has 2 N–H and O–H groups in total. The van der Waals surface area contributed by atoms with Crippen molar-refractivity contribution in [3.8, 4) is 0 Å². The van der Waals surface area contributed by atoms with E-state index in [0.717, 1.165) is 25.7 Å². The van der Waals surface area contributed by atoms with Crippen LogP contribution in [0.5, 0.6) is 0 Å². The van der Waals surface area contributed by atoms with Gasteiger partial charge in [-0.1, -0.05) is 19.3 Å². The van der Waals surface area contributed by atoms with Crippen LogP contribution in [0.15, 0.2) is 29.2 Å². The number of sulfonamides is 1. The minimum Gasteiger partial charge on any atom is -0.326 e. The van der Waals surface area contributed by atoms with Gasteiger partial charge in [0.2, 0.25) is 15.9 Å². The molecule has 0 heterocycles. The summed E-state index contributed by atoms with van der Waals surface area (Å²) in [6.07, 6.45) is 5.31. The molecule has 0 atom stereocenters. The first kappa shape index (κ1) is 15.0. The van der Waals surface area contributed by atoms with E-state index in [1.807, 2.05) is 0 Å². The third-order valence-electron chi connectivity index (χ3n) is 3.68. The predicted octanol–water partition coefficient (Wildman–Crippen LogP) is 2.11. The molecule has 110 valence electrons. The molecule has 6 heteroatoms. The summed E-state index contributed by atoms with van der Waals surface area (Å²) in [5.74, 6) is 0.124. The van der Waals surface area contributed by atoms with E-state index in [2.05, 4.69) is 10.0 Å². The number of nitrogens with one attached hydrogen (secondary N) is 2. The first-order chi connectivity index (χ1) is 9.53. The number of hydrogen-bond donors (Lipinski definition) is 2. The highest BCUT2D eigenvalue weighted by Gasteiger charge is 2.21. The van der Waals surface area contributed by atoms with Crippen LogP contribution in [-0.4, -0.2) is 21.4 Å². The fourth-order valence-corrected chi connectivity index (χ4v) is 3.17. The van der Waals surface area contributed by atoms with Gasteiger partial charge in [0.05, 0.1) is 4.90 Å². The number of hydrogen-bond acceptors (Lipinski definition) is 3. The molecule has 1 amide bonds. The Labute approximate surface area is 119 Å². The first-order valence-corrected chi connectivity index (χ1v) is 8.36. The van der Waals surface area contributed by atoms with Crippen LogP contribution in [0.25, 0.3) is 0 Å². The molecule has 5 nitrogen and oxygen atoms in total. The molecule has 1 aromatic rings. The van der Waals surface area contributed by atoms with E-state index in [0.29, 0.717) is 5.69 Å².